The number of rotatable bonds is 1. The van der Waals surface area contributed by atoms with Gasteiger partial charge in [-0.05, 0) is 20.8 Å². The Morgan fingerprint density at radius 3 is 1.75 bits per heavy atom. The normalized spacial score (nSPS) is 11.0. The Balaban J connectivity index is 3.80. The van der Waals surface area contributed by atoms with Crippen LogP contribution in [0.4, 0.5) is 0 Å². The Morgan fingerprint density at radius 1 is 1.38 bits per heavy atom. The van der Waals surface area contributed by atoms with E-state index in [0.29, 0.717) is 0 Å². The lowest BCUT2D eigenvalue weighted by Gasteiger charge is -2.28. The molecule has 0 unspecified atom stereocenters. The van der Waals surface area contributed by atoms with Gasteiger partial charge in [-0.25, -0.2) is 0 Å². The summed E-state index contributed by atoms with van der Waals surface area (Å²) in [6.07, 6.45) is 0. The summed E-state index contributed by atoms with van der Waals surface area (Å²) in [4.78, 5) is 1.88. The molecule has 0 saturated carbocycles. The molecule has 8 heavy (non-hydrogen) atoms. The molecule has 0 aromatic rings. The van der Waals surface area contributed by atoms with Crippen LogP contribution in [0.5, 0.6) is 0 Å². The van der Waals surface area contributed by atoms with Crippen molar-refractivity contribution in [3.63, 3.8) is 0 Å². The summed E-state index contributed by atoms with van der Waals surface area (Å²) in [5, 5.41) is 0. The van der Waals surface area contributed by atoms with E-state index in [1.807, 2.05) is 11.9 Å². The smallest absolute Gasteiger partial charge is 0.137 e. The lowest BCUT2D eigenvalue weighted by atomic mass is 10.1. The molecule has 0 aliphatic heterocycles. The first-order chi connectivity index (χ1) is 3.48. The minimum Gasteiger partial charge on any atom is -0.359 e. The van der Waals surface area contributed by atoms with E-state index in [-0.39, 0.29) is 5.54 Å². The van der Waals surface area contributed by atoms with E-state index in [1.54, 1.807) is 0 Å². The molecule has 1 radical (unpaired) electrons. The van der Waals surface area contributed by atoms with Crippen LogP contribution in [0.3, 0.4) is 0 Å². The van der Waals surface area contributed by atoms with Crippen LogP contribution in [0.15, 0.2) is 0 Å². The van der Waals surface area contributed by atoms with Crippen molar-refractivity contribution in [2.75, 3.05) is 7.05 Å². The lowest BCUT2D eigenvalue weighted by molar-refractivity contribution is 0.294. The zero-order chi connectivity index (χ0) is 6.78. The second-order valence-corrected chi connectivity index (χ2v) is 3.00. The molecule has 0 atom stereocenters. The quantitative estimate of drug-likeness (QED) is 0.391. The fourth-order valence-electron chi connectivity index (χ4n) is 0.137. The second kappa shape index (κ2) is 2.44. The summed E-state index contributed by atoms with van der Waals surface area (Å²) in [6.45, 7) is 6.27. The molecule has 0 aromatic heterocycles. The van der Waals surface area contributed by atoms with Gasteiger partial charge in [0.1, 0.15) is 5.49 Å². The van der Waals surface area contributed by atoms with Crippen molar-refractivity contribution in [2.45, 2.75) is 26.3 Å². The molecule has 0 aliphatic carbocycles. The van der Waals surface area contributed by atoms with Crippen LogP contribution in [0.2, 0.25) is 0 Å². The van der Waals surface area contributed by atoms with E-state index in [1.165, 1.54) is 0 Å². The fraction of sp³-hybridized carbons (Fsp3) is 0.833. The monoisotopic (exact) mass is 130 g/mol. The second-order valence-electron chi connectivity index (χ2n) is 2.82. The Labute approximate surface area is 56.7 Å². The SMILES string of the molecule is CN([C]=S)C(C)(C)C. The van der Waals surface area contributed by atoms with E-state index < -0.39 is 0 Å². The molecule has 0 heterocycles. The van der Waals surface area contributed by atoms with Crippen molar-refractivity contribution in [3.05, 3.63) is 0 Å². The van der Waals surface area contributed by atoms with E-state index in [9.17, 15) is 0 Å². The molecule has 0 aromatic carbocycles. The number of hydrogen-bond acceptors (Lipinski definition) is 1. The summed E-state index contributed by atoms with van der Waals surface area (Å²) < 4.78 is 0. The van der Waals surface area contributed by atoms with Crippen LogP contribution in [0.25, 0.3) is 0 Å². The van der Waals surface area contributed by atoms with Crippen molar-refractivity contribution in [1.29, 1.82) is 0 Å². The van der Waals surface area contributed by atoms with E-state index >= 15 is 0 Å². The maximum Gasteiger partial charge on any atom is 0.137 e. The maximum atomic E-state index is 4.60. The summed E-state index contributed by atoms with van der Waals surface area (Å²) in [5.41, 5.74) is 2.75. The van der Waals surface area contributed by atoms with Gasteiger partial charge in [0, 0.05) is 12.6 Å². The third-order valence-corrected chi connectivity index (χ3v) is 1.42. The summed E-state index contributed by atoms with van der Waals surface area (Å²) in [7, 11) is 1.92. The predicted molar refractivity (Wildman–Crippen MR) is 40.1 cm³/mol. The van der Waals surface area contributed by atoms with Gasteiger partial charge in [0.2, 0.25) is 0 Å². The molecule has 2 heteroatoms. The predicted octanol–water partition coefficient (Wildman–Crippen LogP) is 1.55. The van der Waals surface area contributed by atoms with E-state index in [4.69, 9.17) is 0 Å². The third kappa shape index (κ3) is 2.26. The molecule has 0 aliphatic rings. The molecule has 0 bridgehead atoms. The first-order valence-electron chi connectivity index (χ1n) is 2.60. The fourth-order valence-corrected chi connectivity index (χ4v) is 0.411. The minimum atomic E-state index is 0.127. The van der Waals surface area contributed by atoms with Gasteiger partial charge < -0.3 is 4.90 Å². The zero-order valence-corrected chi connectivity index (χ0v) is 6.67. The van der Waals surface area contributed by atoms with Crippen molar-refractivity contribution < 1.29 is 0 Å². The highest BCUT2D eigenvalue weighted by atomic mass is 32.1. The standard InChI is InChI=1S/C6H12NS/c1-6(2,3)7(4)5-8/h1-4H3. The molecule has 47 valence electrons. The average molecular weight is 130 g/mol. The van der Waals surface area contributed by atoms with Crippen LogP contribution in [0.1, 0.15) is 20.8 Å². The Kier molecular flexibility index (Phi) is 2.41. The highest BCUT2D eigenvalue weighted by Gasteiger charge is 2.12. The van der Waals surface area contributed by atoms with Crippen LogP contribution in [-0.4, -0.2) is 23.0 Å². The molecule has 0 spiro atoms. The lowest BCUT2D eigenvalue weighted by Crippen LogP contribution is -2.36. The van der Waals surface area contributed by atoms with Crippen molar-refractivity contribution in [2.24, 2.45) is 0 Å². The van der Waals surface area contributed by atoms with Crippen molar-refractivity contribution in [1.82, 2.24) is 4.90 Å². The molecular weight excluding hydrogens is 118 g/mol. The van der Waals surface area contributed by atoms with Gasteiger partial charge in [-0.2, -0.15) is 0 Å². The van der Waals surface area contributed by atoms with Gasteiger partial charge in [-0.1, -0.05) is 12.2 Å². The molecule has 0 amide bonds. The average Bonchev–Trinajstić information content (AvgIpc) is 1.62. The van der Waals surface area contributed by atoms with Crippen LogP contribution >= 0.6 is 12.2 Å². The van der Waals surface area contributed by atoms with E-state index in [0.717, 1.165) is 0 Å². The third-order valence-electron chi connectivity index (χ3n) is 1.14. The van der Waals surface area contributed by atoms with Crippen LogP contribution < -0.4 is 0 Å². The van der Waals surface area contributed by atoms with Gasteiger partial charge in [0.05, 0.1) is 0 Å². The van der Waals surface area contributed by atoms with Gasteiger partial charge in [0.15, 0.2) is 0 Å². The molecule has 0 saturated heterocycles. The zero-order valence-electron chi connectivity index (χ0n) is 5.86. The van der Waals surface area contributed by atoms with Gasteiger partial charge in [-0.15, -0.1) is 0 Å². The molecule has 0 rings (SSSR count). The van der Waals surface area contributed by atoms with Crippen LogP contribution in [0, 0.1) is 0 Å². The largest absolute Gasteiger partial charge is 0.359 e. The minimum absolute atomic E-state index is 0.127. The number of hydrogen-bond donors (Lipinski definition) is 0. The Morgan fingerprint density at radius 2 is 1.75 bits per heavy atom. The molecule has 1 nitrogen and oxygen atoms in total. The first kappa shape index (κ1) is 7.89. The first-order valence-corrected chi connectivity index (χ1v) is 3.01. The van der Waals surface area contributed by atoms with Gasteiger partial charge >= 0.3 is 0 Å². The van der Waals surface area contributed by atoms with Crippen molar-refractivity contribution >= 4 is 17.7 Å². The number of thiocarbonyl (C=S) groups is 1. The summed E-state index contributed by atoms with van der Waals surface area (Å²) in [5.74, 6) is 0. The van der Waals surface area contributed by atoms with Crippen molar-refractivity contribution in [3.8, 4) is 0 Å². The topological polar surface area (TPSA) is 3.24 Å². The van der Waals surface area contributed by atoms with Crippen LogP contribution in [-0.2, 0) is 0 Å². The Hall–Kier alpha value is -0.110. The molecule has 0 N–H and O–H groups in total. The molecular formula is C6H12NS. The number of nitrogens with zero attached hydrogens (tertiary/aromatic N) is 1. The van der Waals surface area contributed by atoms with Gasteiger partial charge in [0.25, 0.3) is 0 Å². The molecule has 0 fully saturated rings. The maximum absolute atomic E-state index is 4.60. The highest BCUT2D eigenvalue weighted by Crippen LogP contribution is 2.06. The summed E-state index contributed by atoms with van der Waals surface area (Å²) in [6, 6.07) is 0. The van der Waals surface area contributed by atoms with E-state index in [2.05, 4.69) is 38.5 Å². The van der Waals surface area contributed by atoms with Gasteiger partial charge in [-0.3, -0.25) is 0 Å². The summed E-state index contributed by atoms with van der Waals surface area (Å²) >= 11 is 4.60. The Bertz CT molecular complexity index is 83.0. The highest BCUT2D eigenvalue weighted by molar-refractivity contribution is 7.78.